The van der Waals surface area contributed by atoms with E-state index in [9.17, 15) is 13.2 Å². The Kier molecular flexibility index (Phi) is 22.4. The third-order valence-corrected chi connectivity index (χ3v) is 28.0. The molecule has 6 aliphatic rings. The van der Waals surface area contributed by atoms with Crippen LogP contribution in [0.15, 0.2) is 195 Å². The first-order valence-electron chi connectivity index (χ1n) is 43.8. The standard InChI is InChI=1S/C18H21N3.C17H16F3N3.2C17H19N3.C16H16ClN3.C16H17N3/c1-12-18-17(13-7-4-5-8-16(13)21(18)3)14(11-19-12)15-9-6-10-20(15)2;1-23-8-4-7-13(23)11-9-21-16-14(15(11)17(18,19)20)10-5-2-3-6-12(10)22-16;1-19-9-5-8-15(19)12-10-14-13-6-3-4-7-16(13)20(2)17(14)18-11-12;1-11-17-16(12-6-3-4-7-14(12)19-17)13(10-18-11)15-8-5-9-20(15)2;1-20-8-4-7-13(20)11-9-18-16(17)15-14(11)10-5-2-3-6-12(10)19-15;1-19-8-4-7-15(19)11-9-13-12-5-2-3-6-14(12)18-16(13)17-10-11/h4-5,7-8,11,15H,6,9-10H2,1-3H3;2-3,5-6,9,13H,4,7-8H2,1H3,(H,21,22);3-4,6-7,10-11,15H,5,8-9H2,1-2H3;3-4,6-7,10,15,19H,5,8-9H2,1-2H3;2-3,5-6,9,13,19H,4,7-8H2,1H3;2-3,5-6,9-10,15H,4,7-8H2,1H3,(H,17,18)/t15-;13-;2*15-;13-;15-/m000000/s1. The molecule has 0 spiro atoms. The fraction of sp³-hybridized carbons (Fsp3) is 0.347. The molecule has 0 saturated carbocycles. The minimum Gasteiger partial charge on any atom is -0.353 e. The lowest BCUT2D eigenvalue weighted by atomic mass is 9.96. The highest BCUT2D eigenvalue weighted by Crippen LogP contribution is 2.48. The molecule has 6 saturated heterocycles. The zero-order valence-corrected chi connectivity index (χ0v) is 72.7. The summed E-state index contributed by atoms with van der Waals surface area (Å²) in [5, 5.41) is 14.3. The molecular formula is C101H108ClF3N18. The Balaban J connectivity index is 0.0000000971. The van der Waals surface area contributed by atoms with E-state index in [1.165, 1.54) is 211 Å². The van der Waals surface area contributed by atoms with Gasteiger partial charge in [0.2, 0.25) is 0 Å². The number of aromatic amines is 4. The van der Waals surface area contributed by atoms with Crippen molar-refractivity contribution in [1.29, 1.82) is 0 Å². The number of aryl methyl sites for hydroxylation is 4. The van der Waals surface area contributed by atoms with Crippen molar-refractivity contribution in [2.75, 3.05) is 81.6 Å². The van der Waals surface area contributed by atoms with Gasteiger partial charge in [0.25, 0.3) is 0 Å². The average Bonchev–Trinajstić information content (AvgIpc) is 1.61. The Morgan fingerprint density at radius 1 is 0.333 bits per heavy atom. The second kappa shape index (κ2) is 33.8. The number of pyridine rings is 6. The Labute approximate surface area is 719 Å². The fourth-order valence-electron chi connectivity index (χ4n) is 21.4. The highest BCUT2D eigenvalue weighted by Gasteiger charge is 2.41. The predicted octanol–water partition coefficient (Wildman–Crippen LogP) is 23.2. The first-order valence-corrected chi connectivity index (χ1v) is 44.2. The number of alkyl halides is 3. The number of halogens is 4. The zero-order valence-electron chi connectivity index (χ0n) is 71.9. The average molecular weight is 1670 g/mol. The summed E-state index contributed by atoms with van der Waals surface area (Å²) in [6.07, 6.45) is 21.4. The van der Waals surface area contributed by atoms with Crippen molar-refractivity contribution >= 4 is 143 Å². The van der Waals surface area contributed by atoms with Crippen LogP contribution in [0.4, 0.5) is 13.2 Å². The SMILES string of the molecule is CN1CCC[C@H]1c1cnc(Cl)c2[nH]c3ccccc3c12.CN1CCC[C@H]1c1cnc2[nH]c3ccccc3c2c1.CN1CCC[C@H]1c1cnc2[nH]c3ccccc3c2c1C(F)(F)F.CN1CCC[C@H]1c1cnc2c(c1)c1ccccc1n2C.Cc1ncc([C@@H]2CCCN2C)c2c1[nH]c1ccccc12.Cc1ncc([C@@H]2CCCN2C)c2c3ccccc3n(C)c12. The van der Waals surface area contributed by atoms with E-state index in [-0.39, 0.29) is 17.0 Å². The monoisotopic (exact) mass is 1660 g/mol. The van der Waals surface area contributed by atoms with E-state index in [0.717, 1.165) is 59.6 Å². The lowest BCUT2D eigenvalue weighted by Crippen LogP contribution is -2.21. The molecule has 6 atom stereocenters. The Bertz CT molecular complexity index is 6830. The number of H-pyrrole nitrogens is 4. The molecule has 0 amide bonds. The molecule has 24 rings (SSSR count). The number of fused-ring (bicyclic) bond motifs is 18. The molecule has 12 aromatic heterocycles. The van der Waals surface area contributed by atoms with Gasteiger partial charge in [-0.05, 0) is 249 Å². The summed E-state index contributed by atoms with van der Waals surface area (Å²) in [5.74, 6) is 0. The normalized spacial score (nSPS) is 20.1. The molecule has 18 aromatic rings. The van der Waals surface area contributed by atoms with Gasteiger partial charge in [0, 0.05) is 185 Å². The van der Waals surface area contributed by atoms with Crippen LogP contribution in [0.3, 0.4) is 0 Å². The maximum atomic E-state index is 13.9. The molecule has 0 unspecified atom stereocenters. The topological polar surface area (TPSA) is 170 Å². The van der Waals surface area contributed by atoms with Crippen LogP contribution < -0.4 is 0 Å². The van der Waals surface area contributed by atoms with Crippen LogP contribution in [-0.2, 0) is 20.3 Å². The summed E-state index contributed by atoms with van der Waals surface area (Å²) in [5.41, 5.74) is 21.3. The molecule has 4 N–H and O–H groups in total. The van der Waals surface area contributed by atoms with E-state index in [1.54, 1.807) is 24.3 Å². The molecule has 6 aliphatic heterocycles. The minimum atomic E-state index is -4.41. The Morgan fingerprint density at radius 2 is 0.707 bits per heavy atom. The summed E-state index contributed by atoms with van der Waals surface area (Å²) in [6.45, 7) is 10.9. The van der Waals surface area contributed by atoms with Gasteiger partial charge in [-0.3, -0.25) is 39.4 Å². The smallest absolute Gasteiger partial charge is 0.353 e. The Morgan fingerprint density at radius 3 is 1.23 bits per heavy atom. The molecule has 18 nitrogen and oxygen atoms in total. The Hall–Kier alpha value is -11.1. The summed E-state index contributed by atoms with van der Waals surface area (Å²) in [4.78, 5) is 54.9. The molecular weight excluding hydrogens is 1560 g/mol. The van der Waals surface area contributed by atoms with Gasteiger partial charge in [-0.1, -0.05) is 121 Å². The molecule has 22 heteroatoms. The van der Waals surface area contributed by atoms with Crippen LogP contribution in [0, 0.1) is 13.8 Å². The van der Waals surface area contributed by atoms with E-state index in [2.05, 4.69) is 283 Å². The van der Waals surface area contributed by atoms with E-state index in [1.807, 2.05) is 30.4 Å². The van der Waals surface area contributed by atoms with Crippen molar-refractivity contribution in [2.45, 2.75) is 133 Å². The quantitative estimate of drug-likeness (QED) is 0.116. The summed E-state index contributed by atoms with van der Waals surface area (Å²) >= 11 is 6.29. The van der Waals surface area contributed by atoms with Crippen LogP contribution in [0.25, 0.3) is 131 Å². The molecule has 123 heavy (non-hydrogen) atoms. The molecule has 0 radical (unpaired) electrons. The van der Waals surface area contributed by atoms with Crippen molar-refractivity contribution in [3.63, 3.8) is 0 Å². The van der Waals surface area contributed by atoms with Crippen LogP contribution >= 0.6 is 11.6 Å². The summed E-state index contributed by atoms with van der Waals surface area (Å²) < 4.78 is 46.2. The predicted molar refractivity (Wildman–Crippen MR) is 498 cm³/mol. The highest BCUT2D eigenvalue weighted by atomic mass is 35.5. The number of rotatable bonds is 6. The first-order chi connectivity index (χ1) is 59.7. The number of likely N-dealkylation sites (tertiary alicyclic amines) is 6. The van der Waals surface area contributed by atoms with Gasteiger partial charge in [-0.2, -0.15) is 13.2 Å². The number of hydrogen-bond acceptors (Lipinski definition) is 12. The van der Waals surface area contributed by atoms with Crippen molar-refractivity contribution in [2.24, 2.45) is 14.1 Å². The minimum absolute atomic E-state index is 0.186. The van der Waals surface area contributed by atoms with Gasteiger partial charge < -0.3 is 29.1 Å². The number of nitrogens with one attached hydrogen (secondary N) is 4. The van der Waals surface area contributed by atoms with E-state index in [4.69, 9.17) is 21.6 Å². The van der Waals surface area contributed by atoms with Crippen LogP contribution in [-0.4, -0.2) is 170 Å². The van der Waals surface area contributed by atoms with E-state index in [0.29, 0.717) is 51.9 Å². The molecule has 6 aromatic carbocycles. The van der Waals surface area contributed by atoms with E-state index < -0.39 is 11.7 Å². The number of aromatic nitrogens is 12. The van der Waals surface area contributed by atoms with Gasteiger partial charge in [-0.15, -0.1) is 0 Å². The number of para-hydroxylation sites is 6. The van der Waals surface area contributed by atoms with Crippen molar-refractivity contribution in [3.8, 4) is 0 Å². The molecule has 18 heterocycles. The third kappa shape index (κ3) is 15.1. The van der Waals surface area contributed by atoms with Crippen LogP contribution in [0.2, 0.25) is 5.15 Å². The first kappa shape index (κ1) is 81.5. The van der Waals surface area contributed by atoms with Crippen LogP contribution in [0.5, 0.6) is 0 Å². The molecule has 0 aliphatic carbocycles. The number of hydrogen-bond donors (Lipinski definition) is 4. The number of benzene rings is 6. The second-order valence-electron chi connectivity index (χ2n) is 35.1. The van der Waals surface area contributed by atoms with Gasteiger partial charge >= 0.3 is 6.18 Å². The van der Waals surface area contributed by atoms with Crippen molar-refractivity contribution in [1.82, 2.24) is 88.4 Å². The zero-order chi connectivity index (χ0) is 84.6. The summed E-state index contributed by atoms with van der Waals surface area (Å²) in [7, 11) is 17.2. The molecule has 0 bridgehead atoms. The van der Waals surface area contributed by atoms with Crippen molar-refractivity contribution in [3.05, 3.63) is 250 Å². The van der Waals surface area contributed by atoms with Gasteiger partial charge in [0.05, 0.1) is 39.0 Å². The summed E-state index contributed by atoms with van der Waals surface area (Å²) in [6, 6.07) is 56.6. The lowest BCUT2D eigenvalue weighted by molar-refractivity contribution is -0.137. The highest BCUT2D eigenvalue weighted by molar-refractivity contribution is 6.35. The number of nitrogens with zero attached hydrogens (tertiary/aromatic N) is 14. The largest absolute Gasteiger partial charge is 0.417 e. The lowest BCUT2D eigenvalue weighted by Gasteiger charge is -2.23. The molecule has 630 valence electrons. The molecule has 6 fully saturated rings. The van der Waals surface area contributed by atoms with Gasteiger partial charge in [0.1, 0.15) is 16.9 Å². The maximum absolute atomic E-state index is 13.9. The van der Waals surface area contributed by atoms with Gasteiger partial charge in [0.15, 0.2) is 5.15 Å². The third-order valence-electron chi connectivity index (χ3n) is 27.7. The van der Waals surface area contributed by atoms with E-state index >= 15 is 0 Å². The second-order valence-corrected chi connectivity index (χ2v) is 35.5. The fourth-order valence-corrected chi connectivity index (χ4v) is 21.6. The van der Waals surface area contributed by atoms with Crippen LogP contribution in [0.1, 0.15) is 164 Å². The maximum Gasteiger partial charge on any atom is 0.417 e. The van der Waals surface area contributed by atoms with Gasteiger partial charge in [-0.25, -0.2) is 19.9 Å². The van der Waals surface area contributed by atoms with Crippen molar-refractivity contribution < 1.29 is 13.2 Å².